The Balaban J connectivity index is 3.56. The van der Waals surface area contributed by atoms with Gasteiger partial charge in [-0.1, -0.05) is 0 Å². The van der Waals surface area contributed by atoms with Gasteiger partial charge < -0.3 is 5.73 Å². The third kappa shape index (κ3) is 1.75. The summed E-state index contributed by atoms with van der Waals surface area (Å²) in [7, 11) is 0. The highest BCUT2D eigenvalue weighted by molar-refractivity contribution is 14.1. The Morgan fingerprint density at radius 3 is 2.64 bits per heavy atom. The van der Waals surface area contributed by atoms with Crippen molar-refractivity contribution in [2.75, 3.05) is 0 Å². The van der Waals surface area contributed by atoms with Gasteiger partial charge in [0.05, 0.1) is 11.1 Å². The average molecular weight is 300 g/mol. The zero-order chi connectivity index (χ0) is 10.7. The smallest absolute Gasteiger partial charge is 0.250 e. The topological polar surface area (TPSA) is 83.9 Å². The van der Waals surface area contributed by atoms with Crippen LogP contribution in [0.4, 0.5) is 0 Å². The summed E-state index contributed by atoms with van der Waals surface area (Å²) in [5, 5.41) is 8.69. The minimum absolute atomic E-state index is 0.111. The predicted octanol–water partition coefficient (Wildman–Crippen LogP) is 1.07. The van der Waals surface area contributed by atoms with Gasteiger partial charge in [0, 0.05) is 9.13 Å². The van der Waals surface area contributed by atoms with Crippen LogP contribution in [0, 0.1) is 14.9 Å². The van der Waals surface area contributed by atoms with E-state index in [0.29, 0.717) is 15.4 Å². The second kappa shape index (κ2) is 4.19. The first-order chi connectivity index (χ1) is 6.61. The van der Waals surface area contributed by atoms with Gasteiger partial charge in [-0.25, -0.2) is 0 Å². The van der Waals surface area contributed by atoms with Crippen molar-refractivity contribution in [2.45, 2.75) is 0 Å². The number of nitrogens with two attached hydrogens (primary N) is 1. The van der Waals surface area contributed by atoms with Crippen molar-refractivity contribution in [1.29, 1.82) is 5.26 Å². The SMILES string of the molecule is N#Cc1ccc(C=O)c(C(N)=O)c1I. The standard InChI is InChI=1S/C9H5IN2O2/c10-8-5(3-11)1-2-6(4-13)7(8)9(12)14/h1-2,4H,(H2,12,14). The molecule has 70 valence electrons. The zero-order valence-electron chi connectivity index (χ0n) is 6.95. The molecule has 0 saturated carbocycles. The van der Waals surface area contributed by atoms with Crippen molar-refractivity contribution >= 4 is 34.8 Å². The van der Waals surface area contributed by atoms with Crippen molar-refractivity contribution < 1.29 is 9.59 Å². The van der Waals surface area contributed by atoms with Crippen LogP contribution >= 0.6 is 22.6 Å². The van der Waals surface area contributed by atoms with Crippen molar-refractivity contribution in [3.63, 3.8) is 0 Å². The average Bonchev–Trinajstić information content (AvgIpc) is 2.16. The monoisotopic (exact) mass is 300 g/mol. The fourth-order valence-electron chi connectivity index (χ4n) is 1.03. The van der Waals surface area contributed by atoms with Gasteiger partial charge in [-0.2, -0.15) is 5.26 Å². The van der Waals surface area contributed by atoms with Crippen LogP contribution in [0.5, 0.6) is 0 Å². The Kier molecular flexibility index (Phi) is 3.19. The molecular formula is C9H5IN2O2. The lowest BCUT2D eigenvalue weighted by molar-refractivity contribution is 0.0992. The number of hydrogen-bond donors (Lipinski definition) is 1. The highest BCUT2D eigenvalue weighted by Crippen LogP contribution is 2.19. The van der Waals surface area contributed by atoms with E-state index in [0.717, 1.165) is 0 Å². The van der Waals surface area contributed by atoms with Crippen LogP contribution in [-0.2, 0) is 0 Å². The number of nitrogens with zero attached hydrogens (tertiary/aromatic N) is 1. The van der Waals surface area contributed by atoms with E-state index in [4.69, 9.17) is 11.0 Å². The summed E-state index contributed by atoms with van der Waals surface area (Å²) in [4.78, 5) is 21.6. The highest BCUT2D eigenvalue weighted by Gasteiger charge is 2.14. The number of carbonyl (C=O) groups is 2. The van der Waals surface area contributed by atoms with E-state index in [9.17, 15) is 9.59 Å². The highest BCUT2D eigenvalue weighted by atomic mass is 127. The summed E-state index contributed by atoms with van der Waals surface area (Å²) in [5.41, 5.74) is 5.76. The van der Waals surface area contributed by atoms with E-state index in [1.165, 1.54) is 12.1 Å². The maximum absolute atomic E-state index is 11.0. The van der Waals surface area contributed by atoms with Gasteiger partial charge in [0.15, 0.2) is 6.29 Å². The fraction of sp³-hybridized carbons (Fsp3) is 0. The second-order valence-electron chi connectivity index (χ2n) is 2.49. The Bertz CT molecular complexity index is 449. The normalized spacial score (nSPS) is 9.14. The Morgan fingerprint density at radius 2 is 2.21 bits per heavy atom. The molecule has 1 amide bonds. The number of aldehydes is 1. The summed E-state index contributed by atoms with van der Waals surface area (Å²) in [6.07, 6.45) is 0.545. The molecule has 0 radical (unpaired) electrons. The van der Waals surface area contributed by atoms with Crippen LogP contribution in [0.1, 0.15) is 26.3 Å². The zero-order valence-corrected chi connectivity index (χ0v) is 9.11. The molecule has 0 fully saturated rings. The minimum atomic E-state index is -0.700. The van der Waals surface area contributed by atoms with Gasteiger partial charge in [0.2, 0.25) is 0 Å². The molecule has 0 bridgehead atoms. The molecule has 0 aromatic heterocycles. The van der Waals surface area contributed by atoms with Crippen molar-refractivity contribution in [3.8, 4) is 6.07 Å². The molecule has 0 saturated heterocycles. The number of rotatable bonds is 2. The molecule has 0 heterocycles. The third-order valence-corrected chi connectivity index (χ3v) is 2.79. The van der Waals surface area contributed by atoms with Crippen molar-refractivity contribution in [3.05, 3.63) is 32.4 Å². The molecule has 1 rings (SSSR count). The first kappa shape index (κ1) is 10.7. The van der Waals surface area contributed by atoms with Gasteiger partial charge in [-0.3, -0.25) is 9.59 Å². The van der Waals surface area contributed by atoms with Gasteiger partial charge in [-0.05, 0) is 34.7 Å². The Hall–Kier alpha value is -1.42. The molecule has 1 aromatic rings. The number of amides is 1. The number of nitriles is 1. The van der Waals surface area contributed by atoms with Gasteiger partial charge in [0.25, 0.3) is 5.91 Å². The minimum Gasteiger partial charge on any atom is -0.366 e. The maximum atomic E-state index is 11.0. The Morgan fingerprint density at radius 1 is 1.57 bits per heavy atom. The third-order valence-electron chi connectivity index (χ3n) is 1.67. The lowest BCUT2D eigenvalue weighted by Gasteiger charge is -2.04. The van der Waals surface area contributed by atoms with Crippen LogP contribution in [-0.4, -0.2) is 12.2 Å². The van der Waals surface area contributed by atoms with Gasteiger partial charge in [0.1, 0.15) is 6.07 Å². The summed E-state index contributed by atoms with van der Waals surface area (Å²) in [6.45, 7) is 0. The Labute approximate surface area is 93.8 Å². The lowest BCUT2D eigenvalue weighted by Crippen LogP contribution is -2.16. The molecule has 0 spiro atoms. The molecule has 0 aliphatic rings. The molecule has 0 atom stereocenters. The van der Waals surface area contributed by atoms with E-state index in [1.54, 1.807) is 0 Å². The molecule has 5 heteroatoms. The first-order valence-corrected chi connectivity index (χ1v) is 4.67. The molecule has 0 unspecified atom stereocenters. The van der Waals surface area contributed by atoms with Crippen LogP contribution in [0.15, 0.2) is 12.1 Å². The van der Waals surface area contributed by atoms with E-state index >= 15 is 0 Å². The summed E-state index contributed by atoms with van der Waals surface area (Å²) in [5.74, 6) is -0.700. The summed E-state index contributed by atoms with van der Waals surface area (Å²) < 4.78 is 0.419. The first-order valence-electron chi connectivity index (χ1n) is 3.59. The van der Waals surface area contributed by atoms with E-state index in [-0.39, 0.29) is 11.1 Å². The number of primary amides is 1. The predicted molar refractivity (Wildman–Crippen MR) is 57.8 cm³/mol. The summed E-state index contributed by atoms with van der Waals surface area (Å²) in [6, 6.07) is 4.81. The molecule has 0 aliphatic heterocycles. The van der Waals surface area contributed by atoms with Gasteiger partial charge in [-0.15, -0.1) is 0 Å². The molecular weight excluding hydrogens is 295 g/mol. The van der Waals surface area contributed by atoms with Crippen LogP contribution in [0.2, 0.25) is 0 Å². The van der Waals surface area contributed by atoms with Crippen molar-refractivity contribution in [1.82, 2.24) is 0 Å². The molecule has 4 nitrogen and oxygen atoms in total. The largest absolute Gasteiger partial charge is 0.366 e. The van der Waals surface area contributed by atoms with E-state index in [1.807, 2.05) is 28.7 Å². The quantitative estimate of drug-likeness (QED) is 0.655. The lowest BCUT2D eigenvalue weighted by atomic mass is 10.0. The number of hydrogen-bond acceptors (Lipinski definition) is 3. The maximum Gasteiger partial charge on any atom is 0.250 e. The van der Waals surface area contributed by atoms with Crippen LogP contribution < -0.4 is 5.73 Å². The molecule has 2 N–H and O–H groups in total. The van der Waals surface area contributed by atoms with Crippen LogP contribution in [0.3, 0.4) is 0 Å². The van der Waals surface area contributed by atoms with Crippen molar-refractivity contribution in [2.24, 2.45) is 5.73 Å². The number of benzene rings is 1. The second-order valence-corrected chi connectivity index (χ2v) is 3.56. The van der Waals surface area contributed by atoms with E-state index in [2.05, 4.69) is 0 Å². The molecule has 14 heavy (non-hydrogen) atoms. The number of carbonyl (C=O) groups excluding carboxylic acids is 2. The number of halogens is 1. The van der Waals surface area contributed by atoms with E-state index < -0.39 is 5.91 Å². The summed E-state index contributed by atoms with van der Waals surface area (Å²) >= 11 is 1.82. The molecule has 1 aromatic carbocycles. The molecule has 0 aliphatic carbocycles. The fourth-order valence-corrected chi connectivity index (χ4v) is 1.90. The van der Waals surface area contributed by atoms with Gasteiger partial charge >= 0.3 is 0 Å². The van der Waals surface area contributed by atoms with Crippen LogP contribution in [0.25, 0.3) is 0 Å².